The van der Waals surface area contributed by atoms with Gasteiger partial charge < -0.3 is 5.11 Å². The quantitative estimate of drug-likeness (QED) is 0.818. The van der Waals surface area contributed by atoms with Gasteiger partial charge in [-0.15, -0.1) is 22.7 Å². The molecule has 0 aliphatic rings. The fourth-order valence-corrected chi connectivity index (χ4v) is 5.21. The van der Waals surface area contributed by atoms with Gasteiger partial charge in [0.25, 0.3) is 0 Å². The summed E-state index contributed by atoms with van der Waals surface area (Å²) < 4.78 is 27.3. The molecule has 0 aromatic carbocycles. The first-order chi connectivity index (χ1) is 9.56. The fourth-order valence-electron chi connectivity index (χ4n) is 1.82. The van der Waals surface area contributed by atoms with Crippen molar-refractivity contribution >= 4 is 32.7 Å². The normalized spacial score (nSPS) is 11.9. The van der Waals surface area contributed by atoms with Crippen LogP contribution in [-0.2, 0) is 29.4 Å². The third-order valence-electron chi connectivity index (χ3n) is 2.90. The first-order valence-electron chi connectivity index (χ1n) is 6.31. The third-order valence-corrected chi connectivity index (χ3v) is 6.90. The standard InChI is InChI=1S/C13H17NO3S3/c1-2-10-6-8-18-12(10)9-14-20(16,17)13-4-3-11(19-13)5-7-15/h3-4,6,8,14-15H,2,5,7,9H2,1H3. The lowest BCUT2D eigenvalue weighted by Gasteiger charge is -2.05. The molecule has 2 heterocycles. The molecule has 0 aliphatic carbocycles. The molecule has 2 aromatic heterocycles. The summed E-state index contributed by atoms with van der Waals surface area (Å²) in [5, 5.41) is 10.8. The first kappa shape index (κ1) is 15.7. The number of sulfonamides is 1. The number of rotatable bonds is 7. The lowest BCUT2D eigenvalue weighted by molar-refractivity contribution is 0.300. The molecule has 2 N–H and O–H groups in total. The summed E-state index contributed by atoms with van der Waals surface area (Å²) in [5.41, 5.74) is 1.19. The molecule has 0 atom stereocenters. The highest BCUT2D eigenvalue weighted by atomic mass is 32.2. The zero-order chi connectivity index (χ0) is 14.6. The van der Waals surface area contributed by atoms with E-state index in [1.54, 1.807) is 23.5 Å². The number of nitrogens with one attached hydrogen (secondary N) is 1. The van der Waals surface area contributed by atoms with E-state index in [2.05, 4.69) is 11.6 Å². The first-order valence-corrected chi connectivity index (χ1v) is 9.49. The molecule has 2 aromatic rings. The molecule has 0 amide bonds. The van der Waals surface area contributed by atoms with Gasteiger partial charge in [-0.25, -0.2) is 13.1 Å². The van der Waals surface area contributed by atoms with Gasteiger partial charge in [-0.2, -0.15) is 0 Å². The summed E-state index contributed by atoms with van der Waals surface area (Å²) in [6.45, 7) is 2.42. The maximum Gasteiger partial charge on any atom is 0.250 e. The summed E-state index contributed by atoms with van der Waals surface area (Å²) in [6, 6.07) is 5.37. The number of hydrogen-bond acceptors (Lipinski definition) is 5. The average Bonchev–Trinajstić information content (AvgIpc) is 3.05. The molecule has 0 saturated heterocycles. The van der Waals surface area contributed by atoms with Crippen LogP contribution in [0.4, 0.5) is 0 Å². The summed E-state index contributed by atoms with van der Waals surface area (Å²) in [7, 11) is -3.47. The second kappa shape index (κ2) is 6.82. The minimum atomic E-state index is -3.47. The van der Waals surface area contributed by atoms with Crippen molar-refractivity contribution in [1.82, 2.24) is 4.72 Å². The van der Waals surface area contributed by atoms with E-state index in [9.17, 15) is 8.42 Å². The highest BCUT2D eigenvalue weighted by Crippen LogP contribution is 2.23. The Bertz CT molecular complexity index is 658. The van der Waals surface area contributed by atoms with Crippen LogP contribution in [0.25, 0.3) is 0 Å². The summed E-state index contributed by atoms with van der Waals surface area (Å²) in [4.78, 5) is 1.93. The Hall–Kier alpha value is -0.730. The van der Waals surface area contributed by atoms with Crippen molar-refractivity contribution in [2.75, 3.05) is 6.61 Å². The Morgan fingerprint density at radius 2 is 2.10 bits per heavy atom. The van der Waals surface area contributed by atoms with Gasteiger partial charge in [0.15, 0.2) is 0 Å². The lowest BCUT2D eigenvalue weighted by atomic mass is 10.2. The van der Waals surface area contributed by atoms with Gasteiger partial charge in [0.1, 0.15) is 4.21 Å². The van der Waals surface area contributed by atoms with Crippen LogP contribution >= 0.6 is 22.7 Å². The van der Waals surface area contributed by atoms with Gasteiger partial charge in [0.05, 0.1) is 0 Å². The van der Waals surface area contributed by atoms with E-state index in [4.69, 9.17) is 5.11 Å². The molecule has 110 valence electrons. The van der Waals surface area contributed by atoms with E-state index in [1.807, 2.05) is 11.4 Å². The van der Waals surface area contributed by atoms with E-state index in [0.29, 0.717) is 17.2 Å². The zero-order valence-corrected chi connectivity index (χ0v) is 13.6. The van der Waals surface area contributed by atoms with E-state index in [-0.39, 0.29) is 6.61 Å². The smallest absolute Gasteiger partial charge is 0.250 e. The zero-order valence-electron chi connectivity index (χ0n) is 11.1. The van der Waals surface area contributed by atoms with Crippen LogP contribution < -0.4 is 4.72 Å². The summed E-state index contributed by atoms with van der Waals surface area (Å²) >= 11 is 2.77. The van der Waals surface area contributed by atoms with Crippen LogP contribution in [0.1, 0.15) is 22.2 Å². The largest absolute Gasteiger partial charge is 0.396 e. The number of aliphatic hydroxyl groups is 1. The topological polar surface area (TPSA) is 66.4 Å². The Morgan fingerprint density at radius 1 is 1.30 bits per heavy atom. The molecule has 0 bridgehead atoms. The minimum absolute atomic E-state index is 0.0302. The van der Waals surface area contributed by atoms with Crippen molar-refractivity contribution in [2.45, 2.75) is 30.5 Å². The summed E-state index contributed by atoms with van der Waals surface area (Å²) in [6.07, 6.45) is 1.39. The van der Waals surface area contributed by atoms with E-state index >= 15 is 0 Å². The molecule has 7 heteroatoms. The van der Waals surface area contributed by atoms with E-state index in [1.165, 1.54) is 16.9 Å². The van der Waals surface area contributed by atoms with Crippen LogP contribution in [0.5, 0.6) is 0 Å². The molecule has 4 nitrogen and oxygen atoms in total. The highest BCUT2D eigenvalue weighted by Gasteiger charge is 2.17. The lowest BCUT2D eigenvalue weighted by Crippen LogP contribution is -2.22. The maximum absolute atomic E-state index is 12.2. The van der Waals surface area contributed by atoms with Crippen molar-refractivity contribution in [3.8, 4) is 0 Å². The Morgan fingerprint density at radius 3 is 2.80 bits per heavy atom. The van der Waals surface area contributed by atoms with Gasteiger partial charge in [-0.05, 0) is 35.6 Å². The molecular formula is C13H17NO3S3. The van der Waals surface area contributed by atoms with Gasteiger partial charge in [0, 0.05) is 29.3 Å². The van der Waals surface area contributed by atoms with Crippen LogP contribution in [0.2, 0.25) is 0 Å². The second-order valence-electron chi connectivity index (χ2n) is 4.24. The van der Waals surface area contributed by atoms with Gasteiger partial charge in [-0.3, -0.25) is 0 Å². The molecular weight excluding hydrogens is 314 g/mol. The van der Waals surface area contributed by atoms with Crippen molar-refractivity contribution in [3.05, 3.63) is 38.9 Å². The van der Waals surface area contributed by atoms with Crippen LogP contribution in [0.3, 0.4) is 0 Å². The van der Waals surface area contributed by atoms with Gasteiger partial charge in [0.2, 0.25) is 10.0 Å². The molecule has 0 unspecified atom stereocenters. The van der Waals surface area contributed by atoms with Crippen molar-refractivity contribution < 1.29 is 13.5 Å². The number of thiophene rings is 2. The molecule has 20 heavy (non-hydrogen) atoms. The molecule has 0 saturated carbocycles. The van der Waals surface area contributed by atoms with E-state index < -0.39 is 10.0 Å². The molecule has 0 fully saturated rings. The monoisotopic (exact) mass is 331 g/mol. The Kier molecular flexibility index (Phi) is 5.34. The number of aryl methyl sites for hydroxylation is 1. The van der Waals surface area contributed by atoms with Crippen LogP contribution in [-0.4, -0.2) is 20.1 Å². The predicted molar refractivity (Wildman–Crippen MR) is 82.8 cm³/mol. The Labute approximate surface area is 127 Å². The number of aliphatic hydroxyl groups excluding tert-OH is 1. The second-order valence-corrected chi connectivity index (χ2v) is 8.40. The van der Waals surface area contributed by atoms with Gasteiger partial charge >= 0.3 is 0 Å². The maximum atomic E-state index is 12.2. The third kappa shape index (κ3) is 3.67. The molecule has 0 aliphatic heterocycles. The van der Waals surface area contributed by atoms with E-state index in [0.717, 1.165) is 16.2 Å². The number of hydrogen-bond donors (Lipinski definition) is 2. The van der Waals surface area contributed by atoms with Crippen LogP contribution in [0, 0.1) is 0 Å². The SMILES string of the molecule is CCc1ccsc1CNS(=O)(=O)c1ccc(CCO)s1. The highest BCUT2D eigenvalue weighted by molar-refractivity contribution is 7.91. The van der Waals surface area contributed by atoms with Crippen molar-refractivity contribution in [2.24, 2.45) is 0 Å². The average molecular weight is 331 g/mol. The van der Waals surface area contributed by atoms with Gasteiger partial charge in [-0.1, -0.05) is 6.92 Å². The fraction of sp³-hybridized carbons (Fsp3) is 0.385. The van der Waals surface area contributed by atoms with Crippen molar-refractivity contribution in [3.63, 3.8) is 0 Å². The van der Waals surface area contributed by atoms with Crippen molar-refractivity contribution in [1.29, 1.82) is 0 Å². The predicted octanol–water partition coefficient (Wildman–Crippen LogP) is 2.39. The minimum Gasteiger partial charge on any atom is -0.396 e. The van der Waals surface area contributed by atoms with Crippen LogP contribution in [0.15, 0.2) is 27.8 Å². The molecule has 2 rings (SSSR count). The molecule has 0 spiro atoms. The molecule has 0 radical (unpaired) electrons. The summed E-state index contributed by atoms with van der Waals surface area (Å²) in [5.74, 6) is 0. The Balaban J connectivity index is 2.07.